The second-order valence-electron chi connectivity index (χ2n) is 4.93. The Morgan fingerprint density at radius 2 is 1.62 bits per heavy atom. The first-order chi connectivity index (χ1) is 11.4. The Morgan fingerprint density at radius 3 is 2.21 bits per heavy atom. The van der Waals surface area contributed by atoms with Crippen molar-refractivity contribution >= 4 is 39.1 Å². The van der Waals surface area contributed by atoms with Gasteiger partial charge in [-0.05, 0) is 54.8 Å². The molecule has 0 aliphatic rings. The van der Waals surface area contributed by atoms with Gasteiger partial charge in [-0.25, -0.2) is 12.8 Å². The van der Waals surface area contributed by atoms with Gasteiger partial charge in [0.15, 0.2) is 0 Å². The highest BCUT2D eigenvalue weighted by Crippen LogP contribution is 2.19. The van der Waals surface area contributed by atoms with Crippen molar-refractivity contribution in [3.05, 3.63) is 54.3 Å². The predicted octanol–water partition coefficient (Wildman–Crippen LogP) is 3.32. The van der Waals surface area contributed by atoms with E-state index >= 15 is 0 Å². The molecule has 1 amide bonds. The molecular weight excluding hydrogens is 351 g/mol. The zero-order chi connectivity index (χ0) is 17.6. The molecular formula is C16H17FN2O3S2. The lowest BCUT2D eigenvalue weighted by Gasteiger charge is -2.09. The summed E-state index contributed by atoms with van der Waals surface area (Å²) < 4.78 is 39.7. The number of rotatable bonds is 7. The summed E-state index contributed by atoms with van der Waals surface area (Å²) in [4.78, 5) is 11.6. The minimum atomic E-state index is -3.78. The first-order valence-corrected chi connectivity index (χ1v) is 9.95. The van der Waals surface area contributed by atoms with Gasteiger partial charge in [-0.2, -0.15) is 11.8 Å². The lowest BCUT2D eigenvalue weighted by atomic mass is 10.3. The van der Waals surface area contributed by atoms with E-state index in [4.69, 9.17) is 0 Å². The number of sulfonamides is 1. The number of carbonyl (C=O) groups excluding carboxylic acids is 1. The van der Waals surface area contributed by atoms with E-state index in [9.17, 15) is 17.6 Å². The van der Waals surface area contributed by atoms with E-state index in [1.54, 1.807) is 36.0 Å². The number of hydrogen-bond donors (Lipinski definition) is 2. The summed E-state index contributed by atoms with van der Waals surface area (Å²) in [5, 5.41) is 2.73. The van der Waals surface area contributed by atoms with E-state index in [1.165, 1.54) is 12.1 Å². The second-order valence-corrected chi connectivity index (χ2v) is 7.60. The topological polar surface area (TPSA) is 75.3 Å². The predicted molar refractivity (Wildman–Crippen MR) is 95.3 cm³/mol. The van der Waals surface area contributed by atoms with Gasteiger partial charge in [0, 0.05) is 23.5 Å². The number of anilines is 2. The highest BCUT2D eigenvalue weighted by Gasteiger charge is 2.14. The minimum absolute atomic E-state index is 0.0293. The van der Waals surface area contributed by atoms with Gasteiger partial charge in [0.1, 0.15) is 5.82 Å². The maximum Gasteiger partial charge on any atom is 0.261 e. The molecule has 0 spiro atoms. The molecule has 0 bridgehead atoms. The van der Waals surface area contributed by atoms with Gasteiger partial charge in [0.25, 0.3) is 10.0 Å². The normalized spacial score (nSPS) is 11.1. The highest BCUT2D eigenvalue weighted by atomic mass is 32.2. The zero-order valence-corrected chi connectivity index (χ0v) is 14.6. The van der Waals surface area contributed by atoms with Crippen molar-refractivity contribution in [2.45, 2.75) is 11.3 Å². The Labute approximate surface area is 144 Å². The van der Waals surface area contributed by atoms with Gasteiger partial charge < -0.3 is 5.32 Å². The SMILES string of the molecule is CSCCC(=O)Nc1ccc(NS(=O)(=O)c2ccc(F)cc2)cc1. The highest BCUT2D eigenvalue weighted by molar-refractivity contribution is 7.98. The van der Waals surface area contributed by atoms with Crippen LogP contribution in [0.25, 0.3) is 0 Å². The van der Waals surface area contributed by atoms with Crippen molar-refractivity contribution < 1.29 is 17.6 Å². The summed E-state index contributed by atoms with van der Waals surface area (Å²) in [7, 11) is -3.78. The maximum atomic E-state index is 12.9. The summed E-state index contributed by atoms with van der Waals surface area (Å²) in [5.74, 6) is 0.140. The van der Waals surface area contributed by atoms with Crippen LogP contribution in [0.2, 0.25) is 0 Å². The Hall–Kier alpha value is -2.06. The third-order valence-electron chi connectivity index (χ3n) is 3.08. The molecule has 0 aromatic heterocycles. The standard InChI is InChI=1S/C16H17FN2O3S2/c1-23-11-10-16(20)18-13-4-6-14(7-5-13)19-24(21,22)15-8-2-12(17)3-9-15/h2-9,19H,10-11H2,1H3,(H,18,20). The molecule has 0 aliphatic heterocycles. The van der Waals surface area contributed by atoms with Crippen molar-refractivity contribution in [2.75, 3.05) is 22.0 Å². The first-order valence-electron chi connectivity index (χ1n) is 7.08. The molecule has 0 aliphatic carbocycles. The van der Waals surface area contributed by atoms with Crippen LogP contribution in [0.15, 0.2) is 53.4 Å². The Balaban J connectivity index is 2.03. The fourth-order valence-corrected chi connectivity index (χ4v) is 3.32. The van der Waals surface area contributed by atoms with Crippen molar-refractivity contribution in [1.29, 1.82) is 0 Å². The maximum absolute atomic E-state index is 12.9. The van der Waals surface area contributed by atoms with Gasteiger partial charge in [-0.15, -0.1) is 0 Å². The number of thioether (sulfide) groups is 1. The molecule has 2 aromatic carbocycles. The van der Waals surface area contributed by atoms with E-state index in [2.05, 4.69) is 10.0 Å². The number of hydrogen-bond acceptors (Lipinski definition) is 4. The quantitative estimate of drug-likeness (QED) is 0.786. The zero-order valence-electron chi connectivity index (χ0n) is 13.0. The molecule has 2 rings (SSSR count). The number of nitrogens with one attached hydrogen (secondary N) is 2. The summed E-state index contributed by atoms with van der Waals surface area (Å²) >= 11 is 1.59. The van der Waals surface area contributed by atoms with Crippen LogP contribution in [-0.4, -0.2) is 26.3 Å². The fourth-order valence-electron chi connectivity index (χ4n) is 1.87. The third-order valence-corrected chi connectivity index (χ3v) is 5.09. The van der Waals surface area contributed by atoms with Crippen LogP contribution >= 0.6 is 11.8 Å². The molecule has 0 atom stereocenters. The molecule has 5 nitrogen and oxygen atoms in total. The van der Waals surface area contributed by atoms with E-state index in [0.717, 1.165) is 17.9 Å². The summed E-state index contributed by atoms with van der Waals surface area (Å²) in [6.07, 6.45) is 2.34. The summed E-state index contributed by atoms with van der Waals surface area (Å²) in [6.45, 7) is 0. The van der Waals surface area contributed by atoms with Crippen molar-refractivity contribution in [3.63, 3.8) is 0 Å². The lowest BCUT2D eigenvalue weighted by Crippen LogP contribution is -2.14. The largest absolute Gasteiger partial charge is 0.326 e. The molecule has 24 heavy (non-hydrogen) atoms. The number of benzene rings is 2. The molecule has 2 aromatic rings. The molecule has 2 N–H and O–H groups in total. The minimum Gasteiger partial charge on any atom is -0.326 e. The molecule has 0 unspecified atom stereocenters. The van der Waals surface area contributed by atoms with Crippen LogP contribution in [-0.2, 0) is 14.8 Å². The van der Waals surface area contributed by atoms with Crippen LogP contribution in [0, 0.1) is 5.82 Å². The fraction of sp³-hybridized carbons (Fsp3) is 0.188. The van der Waals surface area contributed by atoms with E-state index in [0.29, 0.717) is 17.8 Å². The van der Waals surface area contributed by atoms with Gasteiger partial charge >= 0.3 is 0 Å². The van der Waals surface area contributed by atoms with Crippen LogP contribution in [0.5, 0.6) is 0 Å². The van der Waals surface area contributed by atoms with Gasteiger partial charge in [-0.3, -0.25) is 9.52 Å². The Kier molecular flexibility index (Phi) is 6.22. The number of amides is 1. The lowest BCUT2D eigenvalue weighted by molar-refractivity contribution is -0.115. The average Bonchev–Trinajstić information content (AvgIpc) is 2.55. The number of carbonyl (C=O) groups is 1. The van der Waals surface area contributed by atoms with Crippen molar-refractivity contribution in [1.82, 2.24) is 0 Å². The van der Waals surface area contributed by atoms with E-state index in [1.807, 2.05) is 6.26 Å². The molecule has 0 fully saturated rings. The molecule has 0 heterocycles. The van der Waals surface area contributed by atoms with Gasteiger partial charge in [-0.1, -0.05) is 0 Å². The first kappa shape index (κ1) is 18.3. The third kappa shape index (κ3) is 5.24. The molecule has 0 saturated carbocycles. The number of halogens is 1. The smallest absolute Gasteiger partial charge is 0.261 e. The second kappa shape index (κ2) is 8.16. The monoisotopic (exact) mass is 368 g/mol. The van der Waals surface area contributed by atoms with Crippen LogP contribution in [0.3, 0.4) is 0 Å². The Bertz CT molecular complexity index is 791. The van der Waals surface area contributed by atoms with Crippen LogP contribution in [0.1, 0.15) is 6.42 Å². The van der Waals surface area contributed by atoms with Gasteiger partial charge in [0.2, 0.25) is 5.91 Å². The molecule has 8 heteroatoms. The Morgan fingerprint density at radius 1 is 1.04 bits per heavy atom. The van der Waals surface area contributed by atoms with Crippen molar-refractivity contribution in [2.24, 2.45) is 0 Å². The van der Waals surface area contributed by atoms with E-state index < -0.39 is 15.8 Å². The molecule has 0 saturated heterocycles. The average molecular weight is 368 g/mol. The van der Waals surface area contributed by atoms with E-state index in [-0.39, 0.29) is 10.8 Å². The molecule has 0 radical (unpaired) electrons. The molecule has 128 valence electrons. The van der Waals surface area contributed by atoms with Crippen LogP contribution < -0.4 is 10.0 Å². The summed E-state index contributed by atoms with van der Waals surface area (Å²) in [5.41, 5.74) is 0.937. The van der Waals surface area contributed by atoms with Crippen molar-refractivity contribution in [3.8, 4) is 0 Å². The van der Waals surface area contributed by atoms with Gasteiger partial charge in [0.05, 0.1) is 4.90 Å². The van der Waals surface area contributed by atoms with Crippen LogP contribution in [0.4, 0.5) is 15.8 Å². The summed E-state index contributed by atoms with van der Waals surface area (Å²) in [6, 6.07) is 10.9.